The van der Waals surface area contributed by atoms with Crippen molar-refractivity contribution in [3.05, 3.63) is 65.5 Å². The molecule has 8 nitrogen and oxygen atoms in total. The quantitative estimate of drug-likeness (QED) is 0.469. The minimum absolute atomic E-state index is 0.0111. The van der Waals surface area contributed by atoms with Crippen molar-refractivity contribution in [3.63, 3.8) is 0 Å². The number of carbonyl (C=O) groups excluding carboxylic acids is 2. The first-order valence-corrected chi connectivity index (χ1v) is 10.8. The summed E-state index contributed by atoms with van der Waals surface area (Å²) in [7, 11) is 0. The lowest BCUT2D eigenvalue weighted by molar-refractivity contribution is -0.151. The maximum absolute atomic E-state index is 12.9. The minimum Gasteiger partial charge on any atom is -0.337 e. The minimum atomic E-state index is -4.51. The monoisotopic (exact) mass is 492 g/mol. The van der Waals surface area contributed by atoms with Gasteiger partial charge in [0.15, 0.2) is 5.15 Å². The van der Waals surface area contributed by atoms with Crippen LogP contribution in [0, 0.1) is 5.92 Å². The van der Waals surface area contributed by atoms with Crippen LogP contribution in [0.3, 0.4) is 0 Å². The molecule has 0 aliphatic carbocycles. The molecular weight excluding hydrogens is 473 g/mol. The zero-order valence-corrected chi connectivity index (χ0v) is 18.8. The molecule has 178 valence electrons. The fraction of sp³-hybridized carbons (Fsp3) is 0.318. The van der Waals surface area contributed by atoms with Crippen molar-refractivity contribution in [2.45, 2.75) is 26.1 Å². The van der Waals surface area contributed by atoms with Crippen molar-refractivity contribution in [2.24, 2.45) is 5.92 Å². The van der Waals surface area contributed by atoms with Crippen LogP contribution < -0.4 is 4.90 Å². The predicted octanol–water partition coefficient (Wildman–Crippen LogP) is 3.74. The van der Waals surface area contributed by atoms with Gasteiger partial charge in [0.1, 0.15) is 11.4 Å². The number of carbonyl (C=O) groups is 2. The average molecular weight is 493 g/mol. The number of nitrogens with zero attached hydrogens (tertiary/aromatic N) is 6. The van der Waals surface area contributed by atoms with E-state index in [2.05, 4.69) is 15.1 Å². The molecule has 0 spiro atoms. The first-order chi connectivity index (χ1) is 16.2. The molecule has 4 heterocycles. The van der Waals surface area contributed by atoms with Gasteiger partial charge >= 0.3 is 6.18 Å². The number of anilines is 1. The maximum Gasteiger partial charge on any atom is 0.433 e. The fourth-order valence-corrected chi connectivity index (χ4v) is 3.96. The molecule has 3 aromatic rings. The van der Waals surface area contributed by atoms with Gasteiger partial charge in [-0.1, -0.05) is 17.7 Å². The Morgan fingerprint density at radius 3 is 2.65 bits per heavy atom. The van der Waals surface area contributed by atoms with Crippen LogP contribution in [0.2, 0.25) is 5.15 Å². The lowest BCUT2D eigenvalue weighted by Gasteiger charge is -2.39. The summed E-state index contributed by atoms with van der Waals surface area (Å²) in [5.74, 6) is -1.01. The molecule has 1 saturated heterocycles. The van der Waals surface area contributed by atoms with E-state index in [0.717, 1.165) is 12.3 Å². The molecule has 1 fully saturated rings. The molecule has 1 aliphatic rings. The van der Waals surface area contributed by atoms with Crippen LogP contribution >= 0.6 is 11.6 Å². The smallest absolute Gasteiger partial charge is 0.337 e. The first kappa shape index (κ1) is 23.7. The Kier molecular flexibility index (Phi) is 6.56. The van der Waals surface area contributed by atoms with Gasteiger partial charge in [-0.15, -0.1) is 0 Å². The lowest BCUT2D eigenvalue weighted by atomic mass is 9.93. The summed E-state index contributed by atoms with van der Waals surface area (Å²) in [6.45, 7) is 2.59. The highest BCUT2D eigenvalue weighted by Gasteiger charge is 2.39. The number of alkyl halides is 3. The average Bonchev–Trinajstić information content (AvgIpc) is 3.20. The normalized spacial score (nSPS) is 15.9. The van der Waals surface area contributed by atoms with Gasteiger partial charge in [-0.2, -0.15) is 18.3 Å². The number of β-lactam (4-membered cyclic amide) rings is 1. The van der Waals surface area contributed by atoms with E-state index in [1.165, 1.54) is 20.5 Å². The van der Waals surface area contributed by atoms with Gasteiger partial charge < -0.3 is 9.80 Å². The Bertz CT molecular complexity index is 1180. The highest BCUT2D eigenvalue weighted by atomic mass is 35.5. The third kappa shape index (κ3) is 4.89. The Morgan fingerprint density at radius 2 is 2.06 bits per heavy atom. The van der Waals surface area contributed by atoms with Crippen molar-refractivity contribution >= 4 is 29.1 Å². The summed E-state index contributed by atoms with van der Waals surface area (Å²) in [5, 5.41) is 4.39. The van der Waals surface area contributed by atoms with Gasteiger partial charge in [-0.25, -0.2) is 4.68 Å². The molecule has 3 aromatic heterocycles. The van der Waals surface area contributed by atoms with E-state index in [1.54, 1.807) is 37.6 Å². The second kappa shape index (κ2) is 9.41. The Morgan fingerprint density at radius 1 is 1.26 bits per heavy atom. The Labute approximate surface area is 198 Å². The van der Waals surface area contributed by atoms with Gasteiger partial charge in [0.05, 0.1) is 24.0 Å². The number of pyridine rings is 2. The molecule has 0 aromatic carbocycles. The van der Waals surface area contributed by atoms with E-state index < -0.39 is 17.8 Å². The molecule has 4 rings (SSSR count). The number of likely N-dealkylation sites (tertiary alicyclic amines) is 1. The fourth-order valence-electron chi connectivity index (χ4n) is 3.73. The largest absolute Gasteiger partial charge is 0.433 e. The SMILES string of the molecule is CCN(C(=O)CC1CN(Cc2ccc(C(F)(F)F)nc2)C1=O)c1cn(-c2cccnc2)nc1Cl. The zero-order valence-electron chi connectivity index (χ0n) is 18.0. The third-order valence-corrected chi connectivity index (χ3v) is 5.75. The third-order valence-electron chi connectivity index (χ3n) is 5.48. The van der Waals surface area contributed by atoms with E-state index in [-0.39, 0.29) is 29.9 Å². The zero-order chi connectivity index (χ0) is 24.5. The van der Waals surface area contributed by atoms with E-state index >= 15 is 0 Å². The van der Waals surface area contributed by atoms with Crippen molar-refractivity contribution in [3.8, 4) is 5.69 Å². The Balaban J connectivity index is 1.37. The van der Waals surface area contributed by atoms with Gasteiger partial charge in [-0.05, 0) is 30.7 Å². The highest BCUT2D eigenvalue weighted by Crippen LogP contribution is 2.30. The number of hydrogen-bond acceptors (Lipinski definition) is 5. The summed E-state index contributed by atoms with van der Waals surface area (Å²) in [5.41, 5.74) is 0.606. The molecule has 0 radical (unpaired) electrons. The van der Waals surface area contributed by atoms with Crippen LogP contribution in [-0.4, -0.2) is 49.6 Å². The molecule has 1 aliphatic heterocycles. The van der Waals surface area contributed by atoms with Crippen LogP contribution in [0.15, 0.2) is 49.1 Å². The molecule has 0 N–H and O–H groups in total. The van der Waals surface area contributed by atoms with E-state index in [1.807, 2.05) is 0 Å². The standard InChI is InChI=1S/C22H20ClF3N6O2/c1-2-31(17-13-32(29-20(17)23)16-4-3-7-27-10-16)19(33)8-15-12-30(21(15)34)11-14-5-6-18(28-9-14)22(24,25)26/h3-7,9-10,13,15H,2,8,11-12H2,1H3. The second-order valence-corrected chi connectivity index (χ2v) is 8.13. The van der Waals surface area contributed by atoms with Crippen LogP contribution in [0.25, 0.3) is 5.69 Å². The van der Waals surface area contributed by atoms with Crippen LogP contribution in [0.1, 0.15) is 24.6 Å². The van der Waals surface area contributed by atoms with Crippen molar-refractivity contribution in [1.82, 2.24) is 24.6 Å². The summed E-state index contributed by atoms with van der Waals surface area (Å²) >= 11 is 6.28. The van der Waals surface area contributed by atoms with E-state index in [4.69, 9.17) is 11.6 Å². The summed E-state index contributed by atoms with van der Waals surface area (Å²) in [4.78, 5) is 35.9. The lowest BCUT2D eigenvalue weighted by Crippen LogP contribution is -2.53. The van der Waals surface area contributed by atoms with Crippen LogP contribution in [-0.2, 0) is 22.3 Å². The van der Waals surface area contributed by atoms with E-state index in [0.29, 0.717) is 30.0 Å². The molecule has 0 bridgehead atoms. The topological polar surface area (TPSA) is 84.2 Å². The maximum atomic E-state index is 12.9. The van der Waals surface area contributed by atoms with E-state index in [9.17, 15) is 22.8 Å². The van der Waals surface area contributed by atoms with Gasteiger partial charge in [0, 0.05) is 38.4 Å². The summed E-state index contributed by atoms with van der Waals surface area (Å²) < 4.78 is 39.5. The van der Waals surface area contributed by atoms with Gasteiger partial charge in [0.25, 0.3) is 0 Å². The number of amides is 2. The molecule has 12 heteroatoms. The number of rotatable bonds is 7. The highest BCUT2D eigenvalue weighted by molar-refractivity contribution is 6.32. The Hall–Kier alpha value is -3.47. The molecular formula is C22H20ClF3N6O2. The predicted molar refractivity (Wildman–Crippen MR) is 117 cm³/mol. The number of halogens is 4. The van der Waals surface area contributed by atoms with Gasteiger partial charge in [-0.3, -0.25) is 19.6 Å². The van der Waals surface area contributed by atoms with Gasteiger partial charge in [0.2, 0.25) is 11.8 Å². The summed E-state index contributed by atoms with van der Waals surface area (Å²) in [6.07, 6.45) is 1.45. The number of aromatic nitrogens is 4. The molecule has 1 atom stereocenters. The molecule has 1 unspecified atom stereocenters. The number of hydrogen-bond donors (Lipinski definition) is 0. The second-order valence-electron chi connectivity index (χ2n) is 7.77. The summed E-state index contributed by atoms with van der Waals surface area (Å²) in [6, 6.07) is 5.73. The molecule has 0 saturated carbocycles. The van der Waals surface area contributed by atoms with Crippen molar-refractivity contribution < 1.29 is 22.8 Å². The van der Waals surface area contributed by atoms with Crippen molar-refractivity contribution in [2.75, 3.05) is 18.0 Å². The molecule has 34 heavy (non-hydrogen) atoms. The van der Waals surface area contributed by atoms with Crippen LogP contribution in [0.4, 0.5) is 18.9 Å². The first-order valence-electron chi connectivity index (χ1n) is 10.4. The van der Waals surface area contributed by atoms with Crippen LogP contribution in [0.5, 0.6) is 0 Å². The van der Waals surface area contributed by atoms with Crippen molar-refractivity contribution in [1.29, 1.82) is 0 Å². The molecule has 2 amide bonds.